The molecule has 0 aliphatic heterocycles. The lowest BCUT2D eigenvalue weighted by atomic mass is 10.0. The second-order valence-corrected chi connectivity index (χ2v) is 4.27. The molecular weight excluding hydrogens is 252 g/mol. The predicted molar refractivity (Wildman–Crippen MR) is 66.3 cm³/mol. The monoisotopic (exact) mass is 262 g/mol. The van der Waals surface area contributed by atoms with Gasteiger partial charge in [-0.2, -0.15) is 0 Å². The van der Waals surface area contributed by atoms with Crippen molar-refractivity contribution in [3.63, 3.8) is 0 Å². The number of ketones is 1. The van der Waals surface area contributed by atoms with Gasteiger partial charge in [0.2, 0.25) is 0 Å². The molecular formula is C13H11BrO. The third-order valence-electron chi connectivity index (χ3n) is 2.48. The Morgan fingerprint density at radius 2 is 1.93 bits per heavy atom. The predicted octanol–water partition coefficient (Wildman–Crippen LogP) is 4.20. The van der Waals surface area contributed by atoms with Crippen LogP contribution in [0.1, 0.15) is 23.7 Å². The third-order valence-corrected chi connectivity index (χ3v) is 3.14. The molecule has 0 atom stereocenters. The van der Waals surface area contributed by atoms with Crippen molar-refractivity contribution < 1.29 is 4.79 Å². The van der Waals surface area contributed by atoms with E-state index in [1.807, 2.05) is 43.3 Å². The van der Waals surface area contributed by atoms with Gasteiger partial charge < -0.3 is 0 Å². The Morgan fingerprint density at radius 3 is 2.67 bits per heavy atom. The average Bonchev–Trinajstić information content (AvgIpc) is 2.28. The Labute approximate surface area is 97.2 Å². The zero-order chi connectivity index (χ0) is 10.8. The lowest BCUT2D eigenvalue weighted by Crippen LogP contribution is -1.99. The molecule has 0 aliphatic carbocycles. The first-order valence-electron chi connectivity index (χ1n) is 4.94. The number of hydrogen-bond donors (Lipinski definition) is 0. The molecule has 2 rings (SSSR count). The van der Waals surface area contributed by atoms with Gasteiger partial charge >= 0.3 is 0 Å². The van der Waals surface area contributed by atoms with Crippen LogP contribution in [0.15, 0.2) is 40.9 Å². The van der Waals surface area contributed by atoms with Gasteiger partial charge in [-0.1, -0.05) is 53.2 Å². The molecule has 2 aromatic rings. The highest BCUT2D eigenvalue weighted by Gasteiger charge is 2.11. The lowest BCUT2D eigenvalue weighted by molar-refractivity contribution is 0.0989. The first-order valence-corrected chi connectivity index (χ1v) is 5.73. The van der Waals surface area contributed by atoms with Crippen LogP contribution in [-0.2, 0) is 0 Å². The van der Waals surface area contributed by atoms with Crippen molar-refractivity contribution in [3.05, 3.63) is 46.4 Å². The number of halogens is 1. The SMILES string of the molecule is CCC(=O)c1c(Br)ccc2ccccc12. The summed E-state index contributed by atoms with van der Waals surface area (Å²) in [6.45, 7) is 1.89. The summed E-state index contributed by atoms with van der Waals surface area (Å²) in [6, 6.07) is 11.9. The standard InChI is InChI=1S/C13H11BrO/c1-2-12(15)13-10-6-4-3-5-9(10)7-8-11(13)14/h3-8H,2H2,1H3. The van der Waals surface area contributed by atoms with E-state index in [-0.39, 0.29) is 5.78 Å². The van der Waals surface area contributed by atoms with Crippen molar-refractivity contribution in [1.82, 2.24) is 0 Å². The van der Waals surface area contributed by atoms with E-state index in [4.69, 9.17) is 0 Å². The molecule has 0 N–H and O–H groups in total. The van der Waals surface area contributed by atoms with E-state index < -0.39 is 0 Å². The van der Waals surface area contributed by atoms with Gasteiger partial charge in [0.05, 0.1) is 0 Å². The van der Waals surface area contributed by atoms with E-state index in [1.165, 1.54) is 0 Å². The Balaban J connectivity index is 2.79. The van der Waals surface area contributed by atoms with Crippen LogP contribution < -0.4 is 0 Å². The molecule has 0 bridgehead atoms. The Morgan fingerprint density at radius 1 is 1.20 bits per heavy atom. The van der Waals surface area contributed by atoms with Crippen LogP contribution in [0.3, 0.4) is 0 Å². The quantitative estimate of drug-likeness (QED) is 0.742. The van der Waals surface area contributed by atoms with E-state index in [9.17, 15) is 4.79 Å². The number of benzene rings is 2. The topological polar surface area (TPSA) is 17.1 Å². The molecule has 76 valence electrons. The van der Waals surface area contributed by atoms with Crippen LogP contribution in [0.4, 0.5) is 0 Å². The molecule has 0 radical (unpaired) electrons. The lowest BCUT2D eigenvalue weighted by Gasteiger charge is -2.06. The number of fused-ring (bicyclic) bond motifs is 1. The van der Waals surface area contributed by atoms with Crippen molar-refractivity contribution in [2.45, 2.75) is 13.3 Å². The van der Waals surface area contributed by atoms with Crippen molar-refractivity contribution in [3.8, 4) is 0 Å². The van der Waals surface area contributed by atoms with Crippen LogP contribution in [0.25, 0.3) is 10.8 Å². The van der Waals surface area contributed by atoms with Gasteiger partial charge in [0, 0.05) is 16.5 Å². The van der Waals surface area contributed by atoms with E-state index in [2.05, 4.69) is 15.9 Å². The highest BCUT2D eigenvalue weighted by atomic mass is 79.9. The van der Waals surface area contributed by atoms with E-state index >= 15 is 0 Å². The average molecular weight is 263 g/mol. The minimum absolute atomic E-state index is 0.179. The van der Waals surface area contributed by atoms with Crippen LogP contribution in [0.2, 0.25) is 0 Å². The van der Waals surface area contributed by atoms with E-state index in [0.29, 0.717) is 6.42 Å². The van der Waals surface area contributed by atoms with Crippen LogP contribution >= 0.6 is 15.9 Å². The Hall–Kier alpha value is -1.15. The molecule has 0 amide bonds. The van der Waals surface area contributed by atoms with Crippen molar-refractivity contribution in [2.75, 3.05) is 0 Å². The second-order valence-electron chi connectivity index (χ2n) is 3.42. The summed E-state index contributed by atoms with van der Waals surface area (Å²) in [5.41, 5.74) is 0.801. The van der Waals surface area contributed by atoms with Gasteiger partial charge in [-0.3, -0.25) is 4.79 Å². The molecule has 2 aromatic carbocycles. The van der Waals surface area contributed by atoms with Gasteiger partial charge in [0.25, 0.3) is 0 Å². The van der Waals surface area contributed by atoms with Crippen molar-refractivity contribution in [2.24, 2.45) is 0 Å². The van der Waals surface area contributed by atoms with Crippen molar-refractivity contribution >= 4 is 32.5 Å². The Bertz CT molecular complexity index is 517. The minimum atomic E-state index is 0.179. The summed E-state index contributed by atoms with van der Waals surface area (Å²) >= 11 is 3.44. The fourth-order valence-electron chi connectivity index (χ4n) is 1.71. The van der Waals surface area contributed by atoms with Crippen LogP contribution in [0, 0.1) is 0 Å². The van der Waals surface area contributed by atoms with Gasteiger partial charge in [-0.05, 0) is 16.8 Å². The Kier molecular flexibility index (Phi) is 2.87. The maximum Gasteiger partial charge on any atom is 0.164 e. The zero-order valence-electron chi connectivity index (χ0n) is 8.46. The first kappa shape index (κ1) is 10.4. The fourth-order valence-corrected chi connectivity index (χ4v) is 2.27. The molecule has 0 saturated heterocycles. The number of carbonyl (C=O) groups is 1. The summed E-state index contributed by atoms with van der Waals surface area (Å²) in [4.78, 5) is 11.8. The molecule has 2 heteroatoms. The molecule has 1 nitrogen and oxygen atoms in total. The highest BCUT2D eigenvalue weighted by Crippen LogP contribution is 2.27. The van der Waals surface area contributed by atoms with Crippen LogP contribution in [0.5, 0.6) is 0 Å². The summed E-state index contributed by atoms with van der Waals surface area (Å²) in [6.07, 6.45) is 0.534. The van der Waals surface area contributed by atoms with Gasteiger partial charge in [-0.15, -0.1) is 0 Å². The molecule has 0 unspecified atom stereocenters. The zero-order valence-corrected chi connectivity index (χ0v) is 10.0. The molecule has 0 fully saturated rings. The number of hydrogen-bond acceptors (Lipinski definition) is 1. The maximum atomic E-state index is 11.8. The van der Waals surface area contributed by atoms with E-state index in [0.717, 1.165) is 20.8 Å². The van der Waals surface area contributed by atoms with Crippen LogP contribution in [-0.4, -0.2) is 5.78 Å². The number of rotatable bonds is 2. The second kappa shape index (κ2) is 4.15. The third kappa shape index (κ3) is 1.82. The summed E-state index contributed by atoms with van der Waals surface area (Å²) in [7, 11) is 0. The molecule has 0 spiro atoms. The molecule has 0 saturated carbocycles. The van der Waals surface area contributed by atoms with Gasteiger partial charge in [-0.25, -0.2) is 0 Å². The summed E-state index contributed by atoms with van der Waals surface area (Å²) in [5.74, 6) is 0.179. The first-order chi connectivity index (χ1) is 7.24. The summed E-state index contributed by atoms with van der Waals surface area (Å²) < 4.78 is 0.882. The van der Waals surface area contributed by atoms with Gasteiger partial charge in [0.1, 0.15) is 0 Å². The van der Waals surface area contributed by atoms with Gasteiger partial charge in [0.15, 0.2) is 5.78 Å². The molecule has 0 aromatic heterocycles. The minimum Gasteiger partial charge on any atom is -0.294 e. The number of Topliss-reactive ketones (excluding diaryl/α,β-unsaturated/α-hetero) is 1. The maximum absolute atomic E-state index is 11.8. The van der Waals surface area contributed by atoms with E-state index in [1.54, 1.807) is 0 Å². The normalized spacial score (nSPS) is 10.5. The highest BCUT2D eigenvalue weighted by molar-refractivity contribution is 9.10. The molecule has 0 aliphatic rings. The fraction of sp³-hybridized carbons (Fsp3) is 0.154. The molecule has 0 heterocycles. The number of carbonyl (C=O) groups excluding carboxylic acids is 1. The van der Waals surface area contributed by atoms with Crippen molar-refractivity contribution in [1.29, 1.82) is 0 Å². The largest absolute Gasteiger partial charge is 0.294 e. The molecule has 15 heavy (non-hydrogen) atoms. The smallest absolute Gasteiger partial charge is 0.164 e. The summed E-state index contributed by atoms with van der Waals surface area (Å²) in [5, 5.41) is 2.14.